The number of carbonyl (C=O) groups is 2. The van der Waals surface area contributed by atoms with E-state index in [0.717, 1.165) is 51.6 Å². The Morgan fingerprint density at radius 3 is 2.61 bits per heavy atom. The molecule has 0 aromatic heterocycles. The molecule has 0 aromatic rings. The molecule has 6 aliphatic carbocycles. The molecule has 12 heteroatoms. The van der Waals surface area contributed by atoms with Crippen molar-refractivity contribution in [1.82, 2.24) is 4.90 Å². The van der Waals surface area contributed by atoms with Gasteiger partial charge in [0.15, 0.2) is 12.6 Å². The Morgan fingerprint density at radius 1 is 1.02 bits per heavy atom. The molecule has 11 rings (SSSR count). The standard InChI is InChI=1S/C37H47NO11/c1-14-10-38-11-16-3-4-17-19-9-35(5-6-36(28(17)35)29(44)18(14)8-22(38)34(16,36)2)37-24-20(47-33(37)45)7-15(12-39)23(24)31(48-30(19)37)49-32-27(43)26(42)25(41)21(13-40)46-32/h7,14,16,18-27,30-32,39-43H,3-6,8-13H2,1-2H3/t14-,16-,18-,19-,20+,21-,22-,23-,24?,25-,26+,27-,30-,31+,32+,34-,35+,36+,37+/m1/s1. The van der Waals surface area contributed by atoms with Crippen molar-refractivity contribution in [2.45, 2.75) is 108 Å². The van der Waals surface area contributed by atoms with Crippen molar-refractivity contribution in [2.75, 3.05) is 26.3 Å². The molecule has 266 valence electrons. The summed E-state index contributed by atoms with van der Waals surface area (Å²) in [5.41, 5.74) is 0.720. The molecule has 3 spiro atoms. The molecule has 5 aliphatic heterocycles. The monoisotopic (exact) mass is 681 g/mol. The summed E-state index contributed by atoms with van der Waals surface area (Å²) in [5, 5.41) is 52.4. The van der Waals surface area contributed by atoms with E-state index in [1.165, 1.54) is 11.1 Å². The predicted octanol–water partition coefficient (Wildman–Crippen LogP) is 0.0402. The number of fused-ring (bicyclic) bond motifs is 4. The summed E-state index contributed by atoms with van der Waals surface area (Å²) in [6.45, 7) is 5.76. The van der Waals surface area contributed by atoms with Crippen molar-refractivity contribution >= 4 is 11.8 Å². The summed E-state index contributed by atoms with van der Waals surface area (Å²) in [4.78, 5) is 32.8. The summed E-state index contributed by atoms with van der Waals surface area (Å²) in [6, 6.07) is 0.356. The van der Waals surface area contributed by atoms with Gasteiger partial charge in [-0.15, -0.1) is 0 Å². The first kappa shape index (κ1) is 30.8. The minimum Gasteiger partial charge on any atom is -0.457 e. The fourth-order valence-electron chi connectivity index (χ4n) is 15.3. The molecule has 0 radical (unpaired) electrons. The lowest BCUT2D eigenvalue weighted by molar-refractivity contribution is -0.366. The quantitative estimate of drug-likeness (QED) is 0.199. The second-order valence-corrected chi connectivity index (χ2v) is 17.8. The maximum absolute atomic E-state index is 15.3. The number of rotatable bonds is 4. The molecule has 19 atom stereocenters. The molecule has 12 nitrogen and oxygen atoms in total. The van der Waals surface area contributed by atoms with Crippen LogP contribution in [0.25, 0.3) is 0 Å². The number of allylic oxidation sites excluding steroid dienone is 1. The van der Waals surface area contributed by atoms with E-state index in [-0.39, 0.29) is 29.8 Å². The Kier molecular flexibility index (Phi) is 5.93. The van der Waals surface area contributed by atoms with E-state index in [0.29, 0.717) is 29.2 Å². The number of hydrogen-bond donors (Lipinski definition) is 5. The van der Waals surface area contributed by atoms with Gasteiger partial charge >= 0.3 is 5.97 Å². The second kappa shape index (κ2) is 9.43. The number of Topliss-reactive ketones (excluding diaryl/α,β-unsaturated/α-hetero) is 1. The molecular formula is C37H47NO11. The van der Waals surface area contributed by atoms with Crippen LogP contribution in [0.5, 0.6) is 0 Å². The molecule has 11 aliphatic rings. The SMILES string of the molecule is C[C@@H]1CN2C[C@H]3CCC4=C5[C@]6(CC[C@@]57C(=O)[C@@H]1C[C@@H]2[C@@]37C)C[C@H]4[C@H]1O[C@@H](O[C@@H]2O[C@H](CO)[C@@H](O)[C@H](O)[C@H]2O)[C@@H]2C(CO)=C[C@@H]3OC(=O)[C@]16C32. The molecule has 0 aromatic carbocycles. The van der Waals surface area contributed by atoms with Crippen LogP contribution in [0, 0.1) is 57.2 Å². The van der Waals surface area contributed by atoms with Gasteiger partial charge in [-0.2, -0.15) is 0 Å². The molecule has 5 heterocycles. The minimum absolute atomic E-state index is 0.0200. The van der Waals surface area contributed by atoms with Gasteiger partial charge in [0.05, 0.1) is 24.7 Å². The van der Waals surface area contributed by atoms with Crippen LogP contribution >= 0.6 is 0 Å². The van der Waals surface area contributed by atoms with Crippen molar-refractivity contribution in [3.63, 3.8) is 0 Å². The molecule has 0 amide bonds. The molecule has 49 heavy (non-hydrogen) atoms. The highest BCUT2D eigenvalue weighted by molar-refractivity contribution is 5.96. The third-order valence-corrected chi connectivity index (χ3v) is 16.9. The van der Waals surface area contributed by atoms with Crippen LogP contribution in [0.3, 0.4) is 0 Å². The van der Waals surface area contributed by atoms with Crippen LogP contribution in [0.4, 0.5) is 0 Å². The van der Waals surface area contributed by atoms with E-state index in [1.807, 2.05) is 6.08 Å². The fourth-order valence-corrected chi connectivity index (χ4v) is 15.3. The Bertz CT molecular complexity index is 1630. The maximum atomic E-state index is 15.3. The normalized spacial score (nSPS) is 60.3. The molecule has 8 fully saturated rings. The van der Waals surface area contributed by atoms with Crippen LogP contribution in [0.1, 0.15) is 52.4 Å². The largest absolute Gasteiger partial charge is 0.457 e. The molecule has 5 N–H and O–H groups in total. The second-order valence-electron chi connectivity index (χ2n) is 17.8. The van der Waals surface area contributed by atoms with Crippen LogP contribution in [-0.2, 0) is 28.5 Å². The van der Waals surface area contributed by atoms with E-state index >= 15 is 4.79 Å². The van der Waals surface area contributed by atoms with E-state index in [1.54, 1.807) is 0 Å². The van der Waals surface area contributed by atoms with Crippen molar-refractivity contribution in [1.29, 1.82) is 0 Å². The zero-order valence-corrected chi connectivity index (χ0v) is 27.9. The molecule has 5 saturated heterocycles. The van der Waals surface area contributed by atoms with Gasteiger partial charge in [-0.3, -0.25) is 14.5 Å². The first-order valence-corrected chi connectivity index (χ1v) is 18.7. The number of ether oxygens (including phenoxy) is 4. The Labute approximate surface area is 284 Å². The van der Waals surface area contributed by atoms with Crippen molar-refractivity contribution < 1.29 is 54.1 Å². The zero-order valence-electron chi connectivity index (χ0n) is 27.9. The smallest absolute Gasteiger partial charge is 0.316 e. The third kappa shape index (κ3) is 3.02. The highest BCUT2D eigenvalue weighted by Gasteiger charge is 2.89. The van der Waals surface area contributed by atoms with Gasteiger partial charge in [-0.1, -0.05) is 19.4 Å². The average molecular weight is 682 g/mol. The number of esters is 1. The van der Waals surface area contributed by atoms with E-state index < -0.39 is 83.9 Å². The van der Waals surface area contributed by atoms with Crippen LogP contribution in [0.15, 0.2) is 22.8 Å². The molecule has 1 unspecified atom stereocenters. The molecule has 4 bridgehead atoms. The van der Waals surface area contributed by atoms with Gasteiger partial charge in [-0.05, 0) is 67.6 Å². The Balaban J connectivity index is 1.06. The van der Waals surface area contributed by atoms with Crippen LogP contribution in [-0.4, -0.2) is 124 Å². The van der Waals surface area contributed by atoms with Crippen molar-refractivity contribution in [3.05, 3.63) is 22.8 Å². The highest BCUT2D eigenvalue weighted by Crippen LogP contribution is 2.87. The van der Waals surface area contributed by atoms with Gasteiger partial charge in [0, 0.05) is 53.6 Å². The highest BCUT2D eigenvalue weighted by atomic mass is 16.8. The molecular weight excluding hydrogens is 634 g/mol. The number of nitrogens with zero attached hydrogens (tertiary/aromatic N) is 1. The first-order valence-electron chi connectivity index (χ1n) is 18.7. The van der Waals surface area contributed by atoms with Gasteiger partial charge < -0.3 is 44.5 Å². The van der Waals surface area contributed by atoms with Crippen LogP contribution in [0.2, 0.25) is 0 Å². The maximum Gasteiger partial charge on any atom is 0.316 e. The number of hydrogen-bond acceptors (Lipinski definition) is 12. The Morgan fingerprint density at radius 2 is 1.84 bits per heavy atom. The zero-order chi connectivity index (χ0) is 33.7. The van der Waals surface area contributed by atoms with E-state index in [9.17, 15) is 30.3 Å². The van der Waals surface area contributed by atoms with Gasteiger partial charge in [0.1, 0.15) is 41.7 Å². The van der Waals surface area contributed by atoms with Gasteiger partial charge in [-0.25, -0.2) is 0 Å². The number of ketones is 1. The number of aliphatic hydroxyl groups is 5. The first-order chi connectivity index (χ1) is 23.5. The predicted molar refractivity (Wildman–Crippen MR) is 166 cm³/mol. The lowest BCUT2D eigenvalue weighted by Gasteiger charge is -2.61. The summed E-state index contributed by atoms with van der Waals surface area (Å²) in [6.07, 6.45) is -2.82. The number of piperidine rings is 1. The lowest BCUT2D eigenvalue weighted by Crippen LogP contribution is -2.67. The van der Waals surface area contributed by atoms with E-state index in [4.69, 9.17) is 18.9 Å². The van der Waals surface area contributed by atoms with Crippen molar-refractivity contribution in [3.8, 4) is 0 Å². The summed E-state index contributed by atoms with van der Waals surface area (Å²) < 4.78 is 25.5. The summed E-state index contributed by atoms with van der Waals surface area (Å²) in [5.74, 6) is -0.304. The van der Waals surface area contributed by atoms with Gasteiger partial charge in [0.25, 0.3) is 0 Å². The Hall–Kier alpha value is -1.74. The number of aliphatic hydroxyl groups excluding tert-OH is 5. The molecule has 3 saturated carbocycles. The van der Waals surface area contributed by atoms with Gasteiger partial charge in [0.2, 0.25) is 0 Å². The lowest BCUT2D eigenvalue weighted by atomic mass is 9.43. The van der Waals surface area contributed by atoms with E-state index in [2.05, 4.69) is 18.7 Å². The summed E-state index contributed by atoms with van der Waals surface area (Å²) in [7, 11) is 0. The summed E-state index contributed by atoms with van der Waals surface area (Å²) >= 11 is 0. The average Bonchev–Trinajstić information content (AvgIpc) is 3.88. The minimum atomic E-state index is -1.63. The number of carbonyl (C=O) groups excluding carboxylic acids is 2. The van der Waals surface area contributed by atoms with Crippen molar-refractivity contribution in [2.24, 2.45) is 57.2 Å². The van der Waals surface area contributed by atoms with Crippen LogP contribution < -0.4 is 0 Å². The topological polar surface area (TPSA) is 175 Å². The fraction of sp³-hybridized carbons (Fsp3) is 0.838. The third-order valence-electron chi connectivity index (χ3n) is 16.9.